The van der Waals surface area contributed by atoms with Gasteiger partial charge in [0.15, 0.2) is 6.54 Å². The quantitative estimate of drug-likeness (QED) is 0.331. The first kappa shape index (κ1) is 11.1. The van der Waals surface area contributed by atoms with Crippen LogP contribution >= 0.6 is 0 Å². The molecule has 2 amide bonds. The highest BCUT2D eigenvalue weighted by atomic mass is 16.7. The van der Waals surface area contributed by atoms with E-state index in [1.165, 1.54) is 0 Å². The van der Waals surface area contributed by atoms with Gasteiger partial charge in [0, 0.05) is 0 Å². The first-order valence-corrected chi connectivity index (χ1v) is 3.13. The van der Waals surface area contributed by atoms with Gasteiger partial charge in [-0.05, 0) is 0 Å². The molecule has 0 unspecified atom stereocenters. The zero-order chi connectivity index (χ0) is 10.6. The summed E-state index contributed by atoms with van der Waals surface area (Å²) in [6.07, 6.45) is 0. The summed E-state index contributed by atoms with van der Waals surface area (Å²) in [5.74, 6) is 0. The number of nitrogens with zero attached hydrogens (tertiary/aromatic N) is 2. The summed E-state index contributed by atoms with van der Waals surface area (Å²) in [4.78, 5) is 28.5. The Morgan fingerprint density at radius 2 is 1.85 bits per heavy atom. The van der Waals surface area contributed by atoms with Gasteiger partial charge in [-0.25, -0.2) is 4.79 Å². The highest BCUT2D eigenvalue weighted by Crippen LogP contribution is 2.07. The molecule has 3 N–H and O–H groups in total. The Kier molecular flexibility index (Phi) is 3.11. The van der Waals surface area contributed by atoms with Gasteiger partial charge < -0.3 is 11.1 Å². The van der Waals surface area contributed by atoms with E-state index in [1.807, 2.05) is 0 Å². The molecule has 0 bridgehead atoms. The number of primary amides is 1. The third-order valence-electron chi connectivity index (χ3n) is 1.38. The van der Waals surface area contributed by atoms with Gasteiger partial charge in [-0.3, -0.25) is 20.2 Å². The fourth-order valence-electron chi connectivity index (χ4n) is 0.450. The zero-order valence-electron chi connectivity index (χ0n) is 6.72. The molecule has 9 heteroatoms. The second kappa shape index (κ2) is 3.65. The van der Waals surface area contributed by atoms with Crippen molar-refractivity contribution in [1.29, 1.82) is 0 Å². The normalized spacial score (nSPS) is 10.5. The van der Waals surface area contributed by atoms with Gasteiger partial charge in [-0.1, -0.05) is 0 Å². The molecule has 0 aromatic rings. The minimum Gasteiger partial charge on any atom is -0.352 e. The molecule has 0 radical (unpaired) electrons. The van der Waals surface area contributed by atoms with Crippen molar-refractivity contribution in [2.24, 2.45) is 5.73 Å². The average Bonchev–Trinajstić information content (AvgIpc) is 1.99. The van der Waals surface area contributed by atoms with Gasteiger partial charge in [0.1, 0.15) is 9.85 Å². The fourth-order valence-corrected chi connectivity index (χ4v) is 0.450. The summed E-state index contributed by atoms with van der Waals surface area (Å²) in [6.45, 7) is 0.0330. The van der Waals surface area contributed by atoms with Crippen molar-refractivity contribution in [1.82, 2.24) is 5.32 Å². The monoisotopic (exact) mass is 192 g/mol. The Bertz CT molecular complexity index is 237. The Morgan fingerprint density at radius 1 is 1.46 bits per heavy atom. The average molecular weight is 192 g/mol. The van der Waals surface area contributed by atoms with Gasteiger partial charge in [0.2, 0.25) is 0 Å². The molecule has 0 atom stereocenters. The van der Waals surface area contributed by atoms with Crippen molar-refractivity contribution in [2.75, 3.05) is 6.54 Å². The lowest BCUT2D eigenvalue weighted by Crippen LogP contribution is -2.53. The van der Waals surface area contributed by atoms with Crippen molar-refractivity contribution < 1.29 is 14.6 Å². The molecule has 9 nitrogen and oxygen atoms in total. The number of nitrogens with two attached hydrogens (primary N) is 1. The van der Waals surface area contributed by atoms with E-state index in [0.29, 0.717) is 0 Å². The first-order chi connectivity index (χ1) is 5.80. The molecule has 13 heavy (non-hydrogen) atoms. The van der Waals surface area contributed by atoms with E-state index in [2.05, 4.69) is 5.73 Å². The number of amides is 2. The maximum absolute atomic E-state index is 10.2. The highest BCUT2D eigenvalue weighted by molar-refractivity contribution is 5.71. The summed E-state index contributed by atoms with van der Waals surface area (Å²) in [6, 6.07) is -1.05. The summed E-state index contributed by atoms with van der Waals surface area (Å²) in [5, 5.41) is 22.3. The van der Waals surface area contributed by atoms with Crippen LogP contribution in [0.1, 0.15) is 6.92 Å². The van der Waals surface area contributed by atoms with Crippen LogP contribution in [-0.2, 0) is 0 Å². The Balaban J connectivity index is 4.52. The number of rotatable bonds is 4. The van der Waals surface area contributed by atoms with Crippen LogP contribution in [-0.4, -0.2) is 28.1 Å². The van der Waals surface area contributed by atoms with Gasteiger partial charge in [-0.2, -0.15) is 0 Å². The minimum absolute atomic E-state index is 0.748. The Hall–Kier alpha value is -1.93. The van der Waals surface area contributed by atoms with E-state index in [4.69, 9.17) is 0 Å². The van der Waals surface area contributed by atoms with Crippen LogP contribution in [0.3, 0.4) is 0 Å². The lowest BCUT2D eigenvalue weighted by Gasteiger charge is -2.11. The molecular formula is C4H8N4O5. The minimum atomic E-state index is -2.44. The molecule has 0 saturated carbocycles. The van der Waals surface area contributed by atoms with E-state index in [1.54, 1.807) is 5.32 Å². The third kappa shape index (κ3) is 2.54. The fraction of sp³-hybridized carbons (Fsp3) is 0.750. The number of carbonyl (C=O) groups excluding carboxylic acids is 1. The molecule has 0 rings (SSSR count). The largest absolute Gasteiger partial charge is 0.472 e. The smallest absolute Gasteiger partial charge is 0.352 e. The van der Waals surface area contributed by atoms with Crippen LogP contribution in [0.2, 0.25) is 0 Å². The van der Waals surface area contributed by atoms with Crippen molar-refractivity contribution in [3.05, 3.63) is 20.2 Å². The van der Waals surface area contributed by atoms with E-state index < -0.39 is 28.1 Å². The SMILES string of the molecule is CC(CNC(N)=O)([N+](=O)[O-])[N+](=O)[O-]. The topological polar surface area (TPSA) is 141 Å². The van der Waals surface area contributed by atoms with Crippen molar-refractivity contribution in [3.63, 3.8) is 0 Å². The van der Waals surface area contributed by atoms with Gasteiger partial charge in [0.05, 0.1) is 6.92 Å². The standard InChI is InChI=1S/C4H8N4O5/c1-4(7(10)11,8(12)13)2-6-3(5)9/h2H2,1H3,(H3,5,6,9). The van der Waals surface area contributed by atoms with Crippen LogP contribution in [0.15, 0.2) is 0 Å². The molecule has 0 aliphatic carbocycles. The first-order valence-electron chi connectivity index (χ1n) is 3.13. The number of urea groups is 1. The zero-order valence-corrected chi connectivity index (χ0v) is 6.72. The third-order valence-corrected chi connectivity index (χ3v) is 1.38. The molecule has 0 spiro atoms. The number of nitro groups is 2. The number of hydrogen-bond acceptors (Lipinski definition) is 5. The van der Waals surface area contributed by atoms with Crippen LogP contribution < -0.4 is 11.1 Å². The highest BCUT2D eigenvalue weighted by Gasteiger charge is 2.50. The summed E-state index contributed by atoms with van der Waals surface area (Å²) >= 11 is 0. The molecule has 0 fully saturated rings. The van der Waals surface area contributed by atoms with Crippen LogP contribution in [0, 0.1) is 20.2 Å². The van der Waals surface area contributed by atoms with Gasteiger partial charge in [0.25, 0.3) is 0 Å². The Morgan fingerprint density at radius 3 is 2.08 bits per heavy atom. The molecule has 0 aromatic carbocycles. The van der Waals surface area contributed by atoms with Gasteiger partial charge >= 0.3 is 11.7 Å². The summed E-state index contributed by atoms with van der Waals surface area (Å²) in [5.41, 5.74) is 2.17. The maximum Gasteiger partial charge on any atom is 0.472 e. The lowest BCUT2D eigenvalue weighted by atomic mass is 10.2. The van der Waals surface area contributed by atoms with Crippen molar-refractivity contribution in [3.8, 4) is 0 Å². The lowest BCUT2D eigenvalue weighted by molar-refractivity contribution is -0.788. The second-order valence-corrected chi connectivity index (χ2v) is 2.45. The van der Waals surface area contributed by atoms with E-state index in [0.717, 1.165) is 6.92 Å². The Labute approximate surface area is 72.2 Å². The van der Waals surface area contributed by atoms with Gasteiger partial charge in [-0.15, -0.1) is 0 Å². The second-order valence-electron chi connectivity index (χ2n) is 2.45. The predicted octanol–water partition coefficient (Wildman–Crippen LogP) is -1.08. The molecule has 0 aliphatic rings. The maximum atomic E-state index is 10.2. The van der Waals surface area contributed by atoms with Crippen LogP contribution in [0.5, 0.6) is 0 Å². The number of hydrogen-bond donors (Lipinski definition) is 2. The predicted molar refractivity (Wildman–Crippen MR) is 40.0 cm³/mol. The molecule has 0 aliphatic heterocycles. The molecule has 74 valence electrons. The molecule has 0 aromatic heterocycles. The number of carbonyl (C=O) groups is 1. The van der Waals surface area contributed by atoms with E-state index in [-0.39, 0.29) is 0 Å². The van der Waals surface area contributed by atoms with Crippen molar-refractivity contribution in [2.45, 2.75) is 12.6 Å². The van der Waals surface area contributed by atoms with E-state index in [9.17, 15) is 25.0 Å². The number of nitrogens with one attached hydrogen (secondary N) is 1. The summed E-state index contributed by atoms with van der Waals surface area (Å²) in [7, 11) is 0. The van der Waals surface area contributed by atoms with Crippen molar-refractivity contribution >= 4 is 6.03 Å². The van der Waals surface area contributed by atoms with E-state index >= 15 is 0 Å². The van der Waals surface area contributed by atoms with Crippen LogP contribution in [0.4, 0.5) is 4.79 Å². The summed E-state index contributed by atoms with van der Waals surface area (Å²) < 4.78 is 0. The van der Waals surface area contributed by atoms with Crippen LogP contribution in [0.25, 0.3) is 0 Å². The molecular weight excluding hydrogens is 184 g/mol. The molecule has 0 saturated heterocycles. The molecule has 0 heterocycles.